The molecule has 0 bridgehead atoms. The first-order valence-corrected chi connectivity index (χ1v) is 6.24. The second-order valence-corrected chi connectivity index (χ2v) is 5.77. The molecule has 0 heteroatoms. The van der Waals surface area contributed by atoms with Crippen molar-refractivity contribution in [1.29, 1.82) is 0 Å². The fraction of sp³-hybridized carbons (Fsp3) is 0.733. The van der Waals surface area contributed by atoms with Crippen molar-refractivity contribution in [3.63, 3.8) is 0 Å². The molecule has 0 aromatic carbocycles. The predicted octanol–water partition coefficient (Wildman–Crippen LogP) is 4.97. The lowest BCUT2D eigenvalue weighted by Crippen LogP contribution is -2.22. The summed E-state index contributed by atoms with van der Waals surface area (Å²) in [4.78, 5) is 0. The minimum Gasteiger partial charge on any atom is -0.0995 e. The van der Waals surface area contributed by atoms with Gasteiger partial charge in [0.2, 0.25) is 0 Å². The summed E-state index contributed by atoms with van der Waals surface area (Å²) < 4.78 is 0. The van der Waals surface area contributed by atoms with Crippen molar-refractivity contribution < 1.29 is 0 Å². The Hall–Kier alpha value is -0.520. The molecule has 1 rings (SSSR count). The minimum atomic E-state index is 0.338. The zero-order chi connectivity index (χ0) is 11.6. The summed E-state index contributed by atoms with van der Waals surface area (Å²) in [6.07, 6.45) is 6.06. The van der Waals surface area contributed by atoms with Gasteiger partial charge in [-0.05, 0) is 37.0 Å². The van der Waals surface area contributed by atoms with Gasteiger partial charge in [0.15, 0.2) is 0 Å². The highest BCUT2D eigenvalue weighted by molar-refractivity contribution is 5.25. The van der Waals surface area contributed by atoms with Gasteiger partial charge >= 0.3 is 0 Å². The molecule has 0 aliphatic heterocycles. The van der Waals surface area contributed by atoms with Crippen molar-refractivity contribution in [2.75, 3.05) is 0 Å². The molecule has 15 heavy (non-hydrogen) atoms. The Bertz CT molecular complexity index is 268. The summed E-state index contributed by atoms with van der Waals surface area (Å²) in [7, 11) is 0. The van der Waals surface area contributed by atoms with Gasteiger partial charge in [0, 0.05) is 0 Å². The van der Waals surface area contributed by atoms with Gasteiger partial charge in [-0.25, -0.2) is 0 Å². The summed E-state index contributed by atoms with van der Waals surface area (Å²) in [5.41, 5.74) is 3.34. The minimum absolute atomic E-state index is 0.338. The molecule has 0 fully saturated rings. The average molecular weight is 206 g/mol. The Kier molecular flexibility index (Phi) is 3.81. The molecule has 0 nitrogen and oxygen atoms in total. The summed E-state index contributed by atoms with van der Waals surface area (Å²) >= 11 is 0. The van der Waals surface area contributed by atoms with Crippen LogP contribution in [0.2, 0.25) is 0 Å². The molecule has 0 amide bonds. The lowest BCUT2D eigenvalue weighted by Gasteiger charge is -2.32. The molecule has 1 aliphatic rings. The maximum absolute atomic E-state index is 4.32. The Balaban J connectivity index is 2.64. The normalized spacial score (nSPS) is 26.2. The maximum Gasteiger partial charge on any atom is -0.00792 e. The van der Waals surface area contributed by atoms with Crippen LogP contribution in [0.15, 0.2) is 23.8 Å². The van der Waals surface area contributed by atoms with E-state index in [1.54, 1.807) is 0 Å². The third kappa shape index (κ3) is 2.53. The number of hydrogen-bond acceptors (Lipinski definition) is 0. The van der Waals surface area contributed by atoms with Crippen molar-refractivity contribution in [1.82, 2.24) is 0 Å². The van der Waals surface area contributed by atoms with E-state index in [4.69, 9.17) is 0 Å². The summed E-state index contributed by atoms with van der Waals surface area (Å²) in [5.74, 6) is 1.46. The third-order valence-electron chi connectivity index (χ3n) is 4.35. The molecule has 0 spiro atoms. The predicted molar refractivity (Wildman–Crippen MR) is 68.9 cm³/mol. The number of allylic oxidation sites excluding steroid dienone is 3. The highest BCUT2D eigenvalue weighted by Crippen LogP contribution is 2.47. The van der Waals surface area contributed by atoms with Crippen LogP contribution in [0, 0.1) is 17.3 Å². The summed E-state index contributed by atoms with van der Waals surface area (Å²) in [6, 6.07) is 0. The van der Waals surface area contributed by atoms with Crippen LogP contribution in [0.1, 0.15) is 53.9 Å². The first kappa shape index (κ1) is 12.5. The van der Waals surface area contributed by atoms with Crippen molar-refractivity contribution in [2.45, 2.75) is 53.9 Å². The van der Waals surface area contributed by atoms with Crippen LogP contribution in [0.5, 0.6) is 0 Å². The zero-order valence-corrected chi connectivity index (χ0v) is 11.1. The van der Waals surface area contributed by atoms with Crippen molar-refractivity contribution in [3.05, 3.63) is 23.8 Å². The summed E-state index contributed by atoms with van der Waals surface area (Å²) in [6.45, 7) is 15.9. The lowest BCUT2D eigenvalue weighted by molar-refractivity contribution is 0.320. The van der Waals surface area contributed by atoms with Gasteiger partial charge in [0.05, 0.1) is 0 Å². The van der Waals surface area contributed by atoms with E-state index in [1.807, 2.05) is 0 Å². The molecule has 2 atom stereocenters. The molecule has 2 unspecified atom stereocenters. The molecule has 0 radical (unpaired) electrons. The highest BCUT2D eigenvalue weighted by Gasteiger charge is 2.36. The Morgan fingerprint density at radius 2 is 2.20 bits per heavy atom. The molecule has 86 valence electrons. The first-order valence-electron chi connectivity index (χ1n) is 6.24. The molecule has 0 saturated heterocycles. The van der Waals surface area contributed by atoms with Crippen LogP contribution in [0.4, 0.5) is 0 Å². The standard InChI is InChI=1S/C15H26/c1-7-11(2)10-12(3)14-9-8-13(4)15(14,5)6/h8,11,14H,3,7,9-10H2,1-2,4-6H3. The van der Waals surface area contributed by atoms with Crippen LogP contribution in [-0.4, -0.2) is 0 Å². The van der Waals surface area contributed by atoms with Crippen LogP contribution >= 0.6 is 0 Å². The highest BCUT2D eigenvalue weighted by atomic mass is 14.4. The first-order chi connectivity index (χ1) is 6.89. The maximum atomic E-state index is 4.32. The Morgan fingerprint density at radius 1 is 1.60 bits per heavy atom. The topological polar surface area (TPSA) is 0 Å². The molecule has 0 aromatic heterocycles. The number of hydrogen-bond donors (Lipinski definition) is 0. The fourth-order valence-corrected chi connectivity index (χ4v) is 2.54. The molecule has 0 saturated carbocycles. The Labute approximate surface area is 95.5 Å². The molecular weight excluding hydrogens is 180 g/mol. The quantitative estimate of drug-likeness (QED) is 0.570. The molecule has 0 aromatic rings. The van der Waals surface area contributed by atoms with Gasteiger partial charge in [-0.15, -0.1) is 0 Å². The Morgan fingerprint density at radius 3 is 2.60 bits per heavy atom. The van der Waals surface area contributed by atoms with Crippen molar-refractivity contribution >= 4 is 0 Å². The summed E-state index contributed by atoms with van der Waals surface area (Å²) in [5, 5.41) is 0. The largest absolute Gasteiger partial charge is 0.0995 e. The van der Waals surface area contributed by atoms with Crippen LogP contribution < -0.4 is 0 Å². The van der Waals surface area contributed by atoms with E-state index in [-0.39, 0.29) is 0 Å². The van der Waals surface area contributed by atoms with Gasteiger partial charge < -0.3 is 0 Å². The van der Waals surface area contributed by atoms with E-state index in [0.717, 1.165) is 5.92 Å². The van der Waals surface area contributed by atoms with E-state index in [1.165, 1.54) is 30.4 Å². The van der Waals surface area contributed by atoms with E-state index < -0.39 is 0 Å². The van der Waals surface area contributed by atoms with E-state index in [2.05, 4.69) is 47.3 Å². The van der Waals surface area contributed by atoms with Gasteiger partial charge in [-0.3, -0.25) is 0 Å². The van der Waals surface area contributed by atoms with Crippen molar-refractivity contribution in [3.8, 4) is 0 Å². The smallest absolute Gasteiger partial charge is 0.00792 e. The van der Waals surface area contributed by atoms with Gasteiger partial charge in [0.1, 0.15) is 0 Å². The van der Waals surface area contributed by atoms with Gasteiger partial charge in [-0.2, -0.15) is 0 Å². The van der Waals surface area contributed by atoms with E-state index >= 15 is 0 Å². The second kappa shape index (κ2) is 4.55. The SMILES string of the molecule is C=C(CC(C)CC)C1CC=C(C)C1(C)C. The van der Waals surface area contributed by atoms with Crippen LogP contribution in [-0.2, 0) is 0 Å². The van der Waals surface area contributed by atoms with Crippen LogP contribution in [0.25, 0.3) is 0 Å². The zero-order valence-electron chi connectivity index (χ0n) is 11.1. The molecule has 1 aliphatic carbocycles. The van der Waals surface area contributed by atoms with Gasteiger partial charge in [-0.1, -0.05) is 57.9 Å². The van der Waals surface area contributed by atoms with Crippen LogP contribution in [0.3, 0.4) is 0 Å². The van der Waals surface area contributed by atoms with E-state index in [9.17, 15) is 0 Å². The monoisotopic (exact) mass is 206 g/mol. The fourth-order valence-electron chi connectivity index (χ4n) is 2.54. The van der Waals surface area contributed by atoms with Crippen molar-refractivity contribution in [2.24, 2.45) is 17.3 Å². The van der Waals surface area contributed by atoms with Gasteiger partial charge in [0.25, 0.3) is 0 Å². The molecule has 0 N–H and O–H groups in total. The second-order valence-electron chi connectivity index (χ2n) is 5.77. The lowest BCUT2D eigenvalue weighted by atomic mass is 9.72. The average Bonchev–Trinajstić information content (AvgIpc) is 2.41. The molecule has 0 heterocycles. The third-order valence-corrected chi connectivity index (χ3v) is 4.35. The number of rotatable bonds is 4. The van der Waals surface area contributed by atoms with E-state index in [0.29, 0.717) is 11.3 Å². The molecular formula is C15H26.